The first kappa shape index (κ1) is 19.7. The van der Waals surface area contributed by atoms with Crippen LogP contribution in [-0.2, 0) is 19.4 Å². The van der Waals surface area contributed by atoms with Crippen molar-refractivity contribution >= 4 is 5.96 Å². The fourth-order valence-electron chi connectivity index (χ4n) is 3.37. The monoisotopic (exact) mass is 348 g/mol. The number of hydrogen-bond donors (Lipinski definition) is 2. The number of nitrogens with two attached hydrogens (primary N) is 1. The van der Waals surface area contributed by atoms with E-state index in [0.29, 0.717) is 12.0 Å². The zero-order valence-electron chi connectivity index (χ0n) is 16.3. The summed E-state index contributed by atoms with van der Waals surface area (Å²) in [6, 6.07) is 0.384. The first-order chi connectivity index (χ1) is 12.1. The maximum atomic E-state index is 6.00. The highest BCUT2D eigenvalue weighted by Gasteiger charge is 2.14. The minimum Gasteiger partial charge on any atom is -0.370 e. The lowest BCUT2D eigenvalue weighted by atomic mass is 10.0. The van der Waals surface area contributed by atoms with E-state index >= 15 is 0 Å². The quantitative estimate of drug-likeness (QED) is 0.408. The molecule has 1 aliphatic rings. The van der Waals surface area contributed by atoms with Crippen LogP contribution in [0.3, 0.4) is 0 Å². The number of fused-ring (bicyclic) bond motifs is 1. The Labute approximate surface area is 152 Å². The number of nitrogens with one attached hydrogen (secondary N) is 1. The van der Waals surface area contributed by atoms with E-state index in [0.717, 1.165) is 56.3 Å². The first-order valence-corrected chi connectivity index (χ1v) is 10.0. The van der Waals surface area contributed by atoms with Gasteiger partial charge >= 0.3 is 0 Å². The van der Waals surface area contributed by atoms with Crippen LogP contribution in [-0.4, -0.2) is 33.3 Å². The van der Waals surface area contributed by atoms with Crippen molar-refractivity contribution in [2.75, 3.05) is 6.54 Å². The van der Waals surface area contributed by atoms with Gasteiger partial charge < -0.3 is 15.6 Å². The number of nitrogens with zero attached hydrogens (tertiary/aromatic N) is 4. The number of guanidine groups is 1. The van der Waals surface area contributed by atoms with Gasteiger partial charge in [-0.05, 0) is 38.5 Å². The molecule has 25 heavy (non-hydrogen) atoms. The van der Waals surface area contributed by atoms with Gasteiger partial charge in [0, 0.05) is 32.0 Å². The lowest BCUT2D eigenvalue weighted by Gasteiger charge is -2.15. The zero-order valence-corrected chi connectivity index (χ0v) is 16.3. The van der Waals surface area contributed by atoms with Crippen LogP contribution in [0.2, 0.25) is 0 Å². The number of rotatable bonds is 9. The largest absolute Gasteiger partial charge is 0.370 e. The van der Waals surface area contributed by atoms with Gasteiger partial charge in [-0.3, -0.25) is 4.99 Å². The molecule has 0 aromatic carbocycles. The van der Waals surface area contributed by atoms with Gasteiger partial charge in [-0.25, -0.2) is 0 Å². The molecule has 1 unspecified atom stereocenters. The molecule has 1 aromatic rings. The molecule has 6 nitrogen and oxygen atoms in total. The normalized spacial score (nSPS) is 16.6. The highest BCUT2D eigenvalue weighted by Crippen LogP contribution is 2.15. The van der Waals surface area contributed by atoms with E-state index in [9.17, 15) is 0 Å². The van der Waals surface area contributed by atoms with E-state index in [1.807, 2.05) is 0 Å². The van der Waals surface area contributed by atoms with Crippen molar-refractivity contribution in [2.24, 2.45) is 16.6 Å². The van der Waals surface area contributed by atoms with Crippen LogP contribution in [0.5, 0.6) is 0 Å². The Hall–Kier alpha value is -1.59. The standard InChI is InChI=1S/C19H36N6/c1-15(2)9-7-10-16(3)22-19(20)21-13-8-12-18-24-23-17-11-5-4-6-14-25(17)18/h15-16H,4-14H2,1-3H3,(H3,20,21,22). The Morgan fingerprint density at radius 2 is 2.00 bits per heavy atom. The van der Waals surface area contributed by atoms with Crippen LogP contribution in [0, 0.1) is 5.92 Å². The summed E-state index contributed by atoms with van der Waals surface area (Å²) < 4.78 is 2.31. The molecule has 1 aromatic heterocycles. The van der Waals surface area contributed by atoms with E-state index in [4.69, 9.17) is 5.73 Å². The van der Waals surface area contributed by atoms with Crippen LogP contribution in [0.15, 0.2) is 4.99 Å². The lowest BCUT2D eigenvalue weighted by molar-refractivity contribution is 0.493. The van der Waals surface area contributed by atoms with Gasteiger partial charge in [0.25, 0.3) is 0 Å². The summed E-state index contributed by atoms with van der Waals surface area (Å²) in [7, 11) is 0. The summed E-state index contributed by atoms with van der Waals surface area (Å²) in [4.78, 5) is 4.46. The first-order valence-electron chi connectivity index (χ1n) is 10.0. The molecule has 0 radical (unpaired) electrons. The fraction of sp³-hybridized carbons (Fsp3) is 0.842. The maximum absolute atomic E-state index is 6.00. The van der Waals surface area contributed by atoms with Gasteiger partial charge in [-0.15, -0.1) is 10.2 Å². The molecule has 0 spiro atoms. The van der Waals surface area contributed by atoms with Crippen molar-refractivity contribution in [1.29, 1.82) is 0 Å². The summed E-state index contributed by atoms with van der Waals surface area (Å²) in [5.41, 5.74) is 6.00. The molecule has 1 aliphatic heterocycles. The second-order valence-corrected chi connectivity index (χ2v) is 7.74. The molecule has 0 fully saturated rings. The Bertz CT molecular complexity index is 534. The molecule has 0 amide bonds. The number of hydrogen-bond acceptors (Lipinski definition) is 3. The van der Waals surface area contributed by atoms with Crippen molar-refractivity contribution < 1.29 is 0 Å². The number of aryl methyl sites for hydroxylation is 2. The predicted octanol–water partition coefficient (Wildman–Crippen LogP) is 3.06. The molecule has 1 atom stereocenters. The van der Waals surface area contributed by atoms with Gasteiger partial charge in [0.1, 0.15) is 11.6 Å². The average Bonchev–Trinajstić information content (AvgIpc) is 2.78. The second kappa shape index (κ2) is 10.4. The van der Waals surface area contributed by atoms with Crippen molar-refractivity contribution in [3.8, 4) is 0 Å². The Morgan fingerprint density at radius 1 is 1.16 bits per heavy atom. The average molecular weight is 349 g/mol. The Morgan fingerprint density at radius 3 is 2.80 bits per heavy atom. The molecule has 0 bridgehead atoms. The van der Waals surface area contributed by atoms with Gasteiger partial charge in [-0.1, -0.05) is 33.1 Å². The van der Waals surface area contributed by atoms with E-state index in [2.05, 4.69) is 45.8 Å². The van der Waals surface area contributed by atoms with Gasteiger partial charge in [0.05, 0.1) is 0 Å². The van der Waals surface area contributed by atoms with Crippen LogP contribution in [0.1, 0.15) is 77.4 Å². The van der Waals surface area contributed by atoms with Gasteiger partial charge in [-0.2, -0.15) is 0 Å². The third-order valence-electron chi connectivity index (χ3n) is 4.84. The zero-order chi connectivity index (χ0) is 18.1. The van der Waals surface area contributed by atoms with E-state index in [1.54, 1.807) is 0 Å². The van der Waals surface area contributed by atoms with Crippen molar-refractivity contribution in [3.63, 3.8) is 0 Å². The number of aliphatic imine (C=N–C) groups is 1. The van der Waals surface area contributed by atoms with Crippen LogP contribution in [0.4, 0.5) is 0 Å². The highest BCUT2D eigenvalue weighted by molar-refractivity contribution is 5.78. The minimum absolute atomic E-state index is 0.384. The summed E-state index contributed by atoms with van der Waals surface area (Å²) in [5.74, 6) is 3.61. The van der Waals surface area contributed by atoms with E-state index in [-0.39, 0.29) is 0 Å². The van der Waals surface area contributed by atoms with Crippen LogP contribution >= 0.6 is 0 Å². The van der Waals surface area contributed by atoms with Crippen LogP contribution < -0.4 is 11.1 Å². The molecule has 6 heteroatoms. The van der Waals surface area contributed by atoms with E-state index in [1.165, 1.54) is 32.1 Å². The molecule has 0 aliphatic carbocycles. The Balaban J connectivity index is 1.67. The van der Waals surface area contributed by atoms with Crippen molar-refractivity contribution in [3.05, 3.63) is 11.6 Å². The topological polar surface area (TPSA) is 81.1 Å². The molecule has 0 saturated heterocycles. The smallest absolute Gasteiger partial charge is 0.188 e. The summed E-state index contributed by atoms with van der Waals surface area (Å²) in [5, 5.41) is 12.0. The Kier molecular flexibility index (Phi) is 8.22. The predicted molar refractivity (Wildman–Crippen MR) is 104 cm³/mol. The molecule has 2 heterocycles. The molecule has 3 N–H and O–H groups in total. The third kappa shape index (κ3) is 7.04. The van der Waals surface area contributed by atoms with Crippen molar-refractivity contribution in [1.82, 2.24) is 20.1 Å². The lowest BCUT2D eigenvalue weighted by Crippen LogP contribution is -2.38. The maximum Gasteiger partial charge on any atom is 0.188 e. The number of aromatic nitrogens is 3. The van der Waals surface area contributed by atoms with Crippen LogP contribution in [0.25, 0.3) is 0 Å². The minimum atomic E-state index is 0.384. The summed E-state index contributed by atoms with van der Waals surface area (Å²) in [6.45, 7) is 8.51. The SMILES string of the molecule is CC(C)CCCC(C)NC(N)=NCCCc1nnc2n1CCCCC2. The molecular formula is C19H36N6. The second-order valence-electron chi connectivity index (χ2n) is 7.74. The van der Waals surface area contributed by atoms with Gasteiger partial charge in [0.15, 0.2) is 5.96 Å². The summed E-state index contributed by atoms with van der Waals surface area (Å²) in [6.07, 6.45) is 10.4. The fourth-order valence-corrected chi connectivity index (χ4v) is 3.37. The van der Waals surface area contributed by atoms with Crippen molar-refractivity contribution in [2.45, 2.75) is 91.1 Å². The summed E-state index contributed by atoms with van der Waals surface area (Å²) >= 11 is 0. The molecule has 2 rings (SSSR count). The third-order valence-corrected chi connectivity index (χ3v) is 4.84. The van der Waals surface area contributed by atoms with Gasteiger partial charge in [0.2, 0.25) is 0 Å². The van der Waals surface area contributed by atoms with E-state index < -0.39 is 0 Å². The molecule has 0 saturated carbocycles. The highest BCUT2D eigenvalue weighted by atomic mass is 15.3. The molecule has 142 valence electrons. The molecular weight excluding hydrogens is 312 g/mol.